The number of aromatic nitrogens is 2. The summed E-state index contributed by atoms with van der Waals surface area (Å²) >= 11 is 0. The quantitative estimate of drug-likeness (QED) is 0.913. The molecule has 0 unspecified atom stereocenters. The maximum atomic E-state index is 8.95. The Morgan fingerprint density at radius 1 is 1.15 bits per heavy atom. The van der Waals surface area contributed by atoms with E-state index in [0.29, 0.717) is 18.5 Å². The number of rotatable bonds is 4. The molecule has 0 amide bonds. The molecule has 4 rings (SSSR count). The average Bonchev–Trinajstić information content (AvgIpc) is 2.70. The van der Waals surface area contributed by atoms with Crippen LogP contribution in [0.5, 0.6) is 0 Å². The highest BCUT2D eigenvalue weighted by Gasteiger charge is 2.27. The lowest BCUT2D eigenvalue weighted by Crippen LogP contribution is -2.46. The van der Waals surface area contributed by atoms with E-state index in [2.05, 4.69) is 26.3 Å². The van der Waals surface area contributed by atoms with Gasteiger partial charge in [0.1, 0.15) is 12.1 Å². The van der Waals surface area contributed by atoms with E-state index in [1.807, 2.05) is 18.2 Å². The first-order valence-electron chi connectivity index (χ1n) is 9.52. The summed E-state index contributed by atoms with van der Waals surface area (Å²) in [6.45, 7) is 3.88. The van der Waals surface area contributed by atoms with E-state index in [0.717, 1.165) is 61.4 Å². The number of morpholine rings is 1. The van der Waals surface area contributed by atoms with Crippen molar-refractivity contribution in [2.45, 2.75) is 44.2 Å². The second kappa shape index (κ2) is 7.98. The van der Waals surface area contributed by atoms with Crippen molar-refractivity contribution < 1.29 is 4.74 Å². The highest BCUT2D eigenvalue weighted by atomic mass is 16.5. The third kappa shape index (κ3) is 3.79. The van der Waals surface area contributed by atoms with Crippen molar-refractivity contribution in [2.75, 3.05) is 31.6 Å². The Bertz CT molecular complexity index is 788. The van der Waals surface area contributed by atoms with Gasteiger partial charge < -0.3 is 10.1 Å². The number of benzene rings is 1. The molecule has 1 saturated heterocycles. The molecule has 136 valence electrons. The molecule has 0 radical (unpaired) electrons. The fourth-order valence-electron chi connectivity index (χ4n) is 4.14. The lowest BCUT2D eigenvalue weighted by atomic mass is 9.90. The van der Waals surface area contributed by atoms with Gasteiger partial charge >= 0.3 is 0 Å². The van der Waals surface area contributed by atoms with Crippen molar-refractivity contribution in [3.8, 4) is 6.07 Å². The minimum atomic E-state index is 0.412. The number of ether oxygens (including phenoxy) is 1. The molecule has 2 heterocycles. The molecule has 1 aliphatic heterocycles. The summed E-state index contributed by atoms with van der Waals surface area (Å²) in [5.41, 5.74) is 1.93. The average molecular weight is 351 g/mol. The molecule has 0 atom stereocenters. The van der Waals surface area contributed by atoms with E-state index < -0.39 is 0 Å². The number of nitriles is 1. The summed E-state index contributed by atoms with van der Waals surface area (Å²) in [6.07, 6.45) is 6.79. The molecule has 0 spiro atoms. The van der Waals surface area contributed by atoms with Crippen LogP contribution in [-0.2, 0) is 11.2 Å². The number of hydrogen-bond donors (Lipinski definition) is 1. The molecule has 6 heteroatoms. The van der Waals surface area contributed by atoms with Gasteiger partial charge in [-0.1, -0.05) is 6.07 Å². The van der Waals surface area contributed by atoms with Gasteiger partial charge in [0, 0.05) is 30.6 Å². The van der Waals surface area contributed by atoms with E-state index in [9.17, 15) is 0 Å². The van der Waals surface area contributed by atoms with E-state index in [1.54, 1.807) is 6.33 Å². The van der Waals surface area contributed by atoms with Crippen LogP contribution in [0, 0.1) is 11.3 Å². The Balaban J connectivity index is 1.43. The molecular weight excluding hydrogens is 326 g/mol. The number of hydrogen-bond acceptors (Lipinski definition) is 6. The zero-order valence-corrected chi connectivity index (χ0v) is 15.0. The van der Waals surface area contributed by atoms with E-state index in [4.69, 9.17) is 10.00 Å². The molecule has 2 aliphatic rings. The predicted molar refractivity (Wildman–Crippen MR) is 101 cm³/mol. The minimum Gasteiger partial charge on any atom is -0.379 e. The lowest BCUT2D eigenvalue weighted by Gasteiger charge is -2.39. The summed E-state index contributed by atoms with van der Waals surface area (Å²) in [7, 11) is 0. The van der Waals surface area contributed by atoms with Crippen LogP contribution < -0.4 is 5.32 Å². The Morgan fingerprint density at radius 3 is 2.73 bits per heavy atom. The summed E-state index contributed by atoms with van der Waals surface area (Å²) in [5.74, 6) is 0.893. The molecule has 1 N–H and O–H groups in total. The van der Waals surface area contributed by atoms with E-state index in [1.165, 1.54) is 12.8 Å². The topological polar surface area (TPSA) is 74.1 Å². The van der Waals surface area contributed by atoms with Gasteiger partial charge in [-0.15, -0.1) is 0 Å². The fraction of sp³-hybridized carbons (Fsp3) is 0.550. The Hall–Kier alpha value is -2.23. The first-order valence-corrected chi connectivity index (χ1v) is 9.52. The molecule has 1 aromatic carbocycles. The smallest absolute Gasteiger partial charge is 0.137 e. The molecule has 0 bridgehead atoms. The Morgan fingerprint density at radius 2 is 1.96 bits per heavy atom. The van der Waals surface area contributed by atoms with Gasteiger partial charge in [0.15, 0.2) is 0 Å². The zero-order chi connectivity index (χ0) is 17.8. The van der Waals surface area contributed by atoms with Gasteiger partial charge in [0.25, 0.3) is 0 Å². The number of nitrogens with zero attached hydrogens (tertiary/aromatic N) is 4. The van der Waals surface area contributed by atoms with Crippen molar-refractivity contribution in [3.05, 3.63) is 30.1 Å². The van der Waals surface area contributed by atoms with Crippen LogP contribution in [0.25, 0.3) is 10.9 Å². The molecule has 1 saturated carbocycles. The van der Waals surface area contributed by atoms with Crippen LogP contribution in [-0.4, -0.2) is 53.3 Å². The van der Waals surface area contributed by atoms with Crippen molar-refractivity contribution in [1.29, 1.82) is 5.26 Å². The summed E-state index contributed by atoms with van der Waals surface area (Å²) in [4.78, 5) is 11.4. The monoisotopic (exact) mass is 351 g/mol. The lowest BCUT2D eigenvalue weighted by molar-refractivity contribution is 0.00791. The van der Waals surface area contributed by atoms with Gasteiger partial charge in [-0.3, -0.25) is 4.90 Å². The van der Waals surface area contributed by atoms with Crippen molar-refractivity contribution >= 4 is 16.7 Å². The van der Waals surface area contributed by atoms with Crippen LogP contribution >= 0.6 is 0 Å². The summed E-state index contributed by atoms with van der Waals surface area (Å²) < 4.78 is 5.47. The van der Waals surface area contributed by atoms with Crippen LogP contribution in [0.1, 0.15) is 31.2 Å². The van der Waals surface area contributed by atoms with Crippen molar-refractivity contribution in [1.82, 2.24) is 14.9 Å². The maximum Gasteiger partial charge on any atom is 0.137 e. The standard InChI is InChI=1S/C20H25N5O/c21-8-7-15-1-6-19-18(13-15)20(23-14-22-19)24-16-2-4-17(5-3-16)25-9-11-26-12-10-25/h1,6,13-14,16-17H,2-5,7,9-12H2,(H,22,23,24). The Kier molecular flexibility index (Phi) is 5.28. The fourth-order valence-corrected chi connectivity index (χ4v) is 4.14. The molecular formula is C20H25N5O. The highest BCUT2D eigenvalue weighted by molar-refractivity contribution is 5.89. The van der Waals surface area contributed by atoms with Gasteiger partial charge in [0.05, 0.1) is 31.2 Å². The number of fused-ring (bicyclic) bond motifs is 1. The maximum absolute atomic E-state index is 8.95. The zero-order valence-electron chi connectivity index (χ0n) is 15.0. The molecule has 1 aromatic heterocycles. The third-order valence-corrected chi connectivity index (χ3v) is 5.58. The normalized spacial score (nSPS) is 24.3. The van der Waals surface area contributed by atoms with Gasteiger partial charge in [-0.2, -0.15) is 5.26 Å². The molecule has 26 heavy (non-hydrogen) atoms. The van der Waals surface area contributed by atoms with Crippen LogP contribution in [0.15, 0.2) is 24.5 Å². The summed E-state index contributed by atoms with van der Waals surface area (Å²) in [5, 5.41) is 13.6. The van der Waals surface area contributed by atoms with Crippen LogP contribution in [0.3, 0.4) is 0 Å². The van der Waals surface area contributed by atoms with Gasteiger partial charge in [-0.05, 0) is 43.4 Å². The first-order chi connectivity index (χ1) is 12.8. The number of nitrogens with one attached hydrogen (secondary N) is 1. The molecule has 1 aliphatic carbocycles. The first kappa shape index (κ1) is 17.2. The van der Waals surface area contributed by atoms with Crippen molar-refractivity contribution in [2.24, 2.45) is 0 Å². The predicted octanol–water partition coefficient (Wildman–Crippen LogP) is 2.75. The van der Waals surface area contributed by atoms with Crippen LogP contribution in [0.4, 0.5) is 5.82 Å². The number of anilines is 1. The third-order valence-electron chi connectivity index (χ3n) is 5.58. The van der Waals surface area contributed by atoms with Gasteiger partial charge in [0.2, 0.25) is 0 Å². The van der Waals surface area contributed by atoms with Crippen LogP contribution in [0.2, 0.25) is 0 Å². The molecule has 2 fully saturated rings. The molecule has 2 aromatic rings. The van der Waals surface area contributed by atoms with E-state index >= 15 is 0 Å². The minimum absolute atomic E-state index is 0.412. The van der Waals surface area contributed by atoms with E-state index in [-0.39, 0.29) is 0 Å². The Labute approximate surface area is 154 Å². The van der Waals surface area contributed by atoms with Crippen molar-refractivity contribution in [3.63, 3.8) is 0 Å². The molecule has 6 nitrogen and oxygen atoms in total. The largest absolute Gasteiger partial charge is 0.379 e. The highest BCUT2D eigenvalue weighted by Crippen LogP contribution is 2.28. The van der Waals surface area contributed by atoms with Gasteiger partial charge in [-0.25, -0.2) is 9.97 Å². The second-order valence-corrected chi connectivity index (χ2v) is 7.21. The SMILES string of the molecule is N#CCc1ccc2ncnc(NC3CCC(N4CCOCC4)CC3)c2c1. The second-order valence-electron chi connectivity index (χ2n) is 7.21. The summed E-state index contributed by atoms with van der Waals surface area (Å²) in [6, 6.07) is 9.34.